The summed E-state index contributed by atoms with van der Waals surface area (Å²) in [6, 6.07) is 16.3. The zero-order valence-electron chi connectivity index (χ0n) is 12.4. The van der Waals surface area contributed by atoms with Gasteiger partial charge < -0.3 is 14.9 Å². The Bertz CT molecular complexity index is 857. The molecule has 0 saturated heterocycles. The molecule has 0 aliphatic carbocycles. The number of carboxylic acids is 1. The number of carbonyl (C=O) groups excluding carboxylic acids is 1. The molecule has 1 heterocycles. The lowest BCUT2D eigenvalue weighted by Crippen LogP contribution is -2.19. The van der Waals surface area contributed by atoms with Crippen molar-refractivity contribution >= 4 is 23.5 Å². The molecule has 7 nitrogen and oxygen atoms in total. The molecule has 0 atom stereocenters. The van der Waals surface area contributed by atoms with Gasteiger partial charge in [-0.25, -0.2) is 9.59 Å². The van der Waals surface area contributed by atoms with Crippen LogP contribution in [0.25, 0.3) is 11.3 Å². The Balaban J connectivity index is 1.63. The molecule has 0 unspecified atom stereocenters. The van der Waals surface area contributed by atoms with Crippen molar-refractivity contribution < 1.29 is 19.2 Å². The summed E-state index contributed by atoms with van der Waals surface area (Å²) in [5.74, 6) is -0.215. The number of anilines is 2. The maximum Gasteiger partial charge on any atom is 0.335 e. The second-order valence-corrected chi connectivity index (χ2v) is 4.90. The number of rotatable bonds is 4. The van der Waals surface area contributed by atoms with E-state index in [1.54, 1.807) is 6.07 Å². The van der Waals surface area contributed by atoms with Crippen molar-refractivity contribution in [1.82, 2.24) is 5.16 Å². The lowest BCUT2D eigenvalue weighted by molar-refractivity contribution is 0.0697. The molecule has 0 bridgehead atoms. The first kappa shape index (κ1) is 15.3. The summed E-state index contributed by atoms with van der Waals surface area (Å²) in [6.07, 6.45) is 0. The molecule has 3 rings (SSSR count). The lowest BCUT2D eigenvalue weighted by atomic mass is 10.2. The van der Waals surface area contributed by atoms with E-state index < -0.39 is 12.0 Å². The van der Waals surface area contributed by atoms with Gasteiger partial charge in [0, 0.05) is 17.3 Å². The molecule has 0 spiro atoms. The van der Waals surface area contributed by atoms with E-state index in [0.29, 0.717) is 11.4 Å². The van der Waals surface area contributed by atoms with Crippen molar-refractivity contribution in [2.45, 2.75) is 0 Å². The molecule has 2 aromatic carbocycles. The molecule has 24 heavy (non-hydrogen) atoms. The fourth-order valence-electron chi connectivity index (χ4n) is 2.05. The van der Waals surface area contributed by atoms with Gasteiger partial charge in [0.2, 0.25) is 0 Å². The van der Waals surface area contributed by atoms with Gasteiger partial charge in [-0.3, -0.25) is 5.32 Å². The molecule has 1 aromatic heterocycles. The first-order chi connectivity index (χ1) is 11.6. The molecule has 3 N–H and O–H groups in total. The van der Waals surface area contributed by atoms with Gasteiger partial charge in [0.15, 0.2) is 11.6 Å². The molecular formula is C17H13N3O4. The predicted molar refractivity (Wildman–Crippen MR) is 88.0 cm³/mol. The number of amides is 2. The summed E-state index contributed by atoms with van der Waals surface area (Å²) in [6.45, 7) is 0. The van der Waals surface area contributed by atoms with E-state index >= 15 is 0 Å². The third-order valence-electron chi connectivity index (χ3n) is 3.20. The number of aromatic nitrogens is 1. The number of carbonyl (C=O) groups is 2. The third-order valence-corrected chi connectivity index (χ3v) is 3.20. The topological polar surface area (TPSA) is 104 Å². The summed E-state index contributed by atoms with van der Waals surface area (Å²) in [4.78, 5) is 22.7. The van der Waals surface area contributed by atoms with Gasteiger partial charge in [-0.05, 0) is 24.3 Å². The molecule has 2 amide bonds. The average Bonchev–Trinajstić information content (AvgIpc) is 3.04. The SMILES string of the molecule is O=C(Nc1ccc(C(=O)O)cc1)Nc1cc(-c2ccccc2)on1. The van der Waals surface area contributed by atoms with E-state index in [0.717, 1.165) is 5.56 Å². The predicted octanol–water partition coefficient (Wildman–Crippen LogP) is 3.68. The number of carboxylic acid groups (broad SMARTS) is 1. The van der Waals surface area contributed by atoms with Gasteiger partial charge >= 0.3 is 12.0 Å². The highest BCUT2D eigenvalue weighted by molar-refractivity contribution is 5.99. The van der Waals surface area contributed by atoms with E-state index in [4.69, 9.17) is 9.63 Å². The number of aromatic carboxylic acids is 1. The molecule has 0 radical (unpaired) electrons. The van der Waals surface area contributed by atoms with Crippen LogP contribution in [0.15, 0.2) is 65.2 Å². The van der Waals surface area contributed by atoms with Crippen LogP contribution in [0.1, 0.15) is 10.4 Å². The van der Waals surface area contributed by atoms with Crippen LogP contribution in [0.5, 0.6) is 0 Å². The smallest absolute Gasteiger partial charge is 0.335 e. The minimum atomic E-state index is -1.03. The number of nitrogens with zero attached hydrogens (tertiary/aromatic N) is 1. The molecular weight excluding hydrogens is 310 g/mol. The number of nitrogens with one attached hydrogen (secondary N) is 2. The third kappa shape index (κ3) is 3.58. The maximum atomic E-state index is 11.9. The lowest BCUT2D eigenvalue weighted by Gasteiger charge is -2.05. The van der Waals surface area contributed by atoms with Crippen LogP contribution in [0.4, 0.5) is 16.3 Å². The monoisotopic (exact) mass is 323 g/mol. The average molecular weight is 323 g/mol. The highest BCUT2D eigenvalue weighted by atomic mass is 16.5. The van der Waals surface area contributed by atoms with Crippen molar-refractivity contribution in [3.63, 3.8) is 0 Å². The van der Waals surface area contributed by atoms with Crippen molar-refractivity contribution in [2.24, 2.45) is 0 Å². The standard InChI is InChI=1S/C17H13N3O4/c21-16(22)12-6-8-13(9-7-12)18-17(23)19-15-10-14(24-20-15)11-4-2-1-3-5-11/h1-10H,(H,21,22)(H2,18,19,20,23). The Kier molecular flexibility index (Phi) is 4.24. The summed E-state index contributed by atoms with van der Waals surface area (Å²) < 4.78 is 5.19. The van der Waals surface area contributed by atoms with Gasteiger partial charge in [-0.2, -0.15) is 0 Å². The molecule has 0 saturated carbocycles. The number of hydrogen-bond donors (Lipinski definition) is 3. The van der Waals surface area contributed by atoms with Gasteiger partial charge in [-0.15, -0.1) is 0 Å². The Morgan fingerprint density at radius 1 is 0.958 bits per heavy atom. The second-order valence-electron chi connectivity index (χ2n) is 4.90. The van der Waals surface area contributed by atoms with E-state index in [9.17, 15) is 9.59 Å². The van der Waals surface area contributed by atoms with Crippen molar-refractivity contribution in [3.8, 4) is 11.3 Å². The van der Waals surface area contributed by atoms with Crippen LogP contribution in [0, 0.1) is 0 Å². The van der Waals surface area contributed by atoms with Gasteiger partial charge in [0.1, 0.15) is 0 Å². The minimum absolute atomic E-state index is 0.143. The van der Waals surface area contributed by atoms with Crippen LogP contribution in [-0.2, 0) is 0 Å². The largest absolute Gasteiger partial charge is 0.478 e. The molecule has 0 fully saturated rings. The number of benzene rings is 2. The summed E-state index contributed by atoms with van der Waals surface area (Å²) in [5, 5.41) is 17.7. The van der Waals surface area contributed by atoms with Crippen LogP contribution in [-0.4, -0.2) is 22.3 Å². The van der Waals surface area contributed by atoms with Gasteiger partial charge in [0.05, 0.1) is 5.56 Å². The minimum Gasteiger partial charge on any atom is -0.478 e. The molecule has 3 aromatic rings. The second kappa shape index (κ2) is 6.66. The van der Waals surface area contributed by atoms with E-state index in [1.807, 2.05) is 30.3 Å². The highest BCUT2D eigenvalue weighted by Gasteiger charge is 2.10. The first-order valence-electron chi connectivity index (χ1n) is 7.05. The summed E-state index contributed by atoms with van der Waals surface area (Å²) in [7, 11) is 0. The van der Waals surface area contributed by atoms with Crippen molar-refractivity contribution in [1.29, 1.82) is 0 Å². The first-order valence-corrected chi connectivity index (χ1v) is 7.05. The van der Waals surface area contributed by atoms with Crippen LogP contribution in [0.3, 0.4) is 0 Å². The van der Waals surface area contributed by atoms with Gasteiger partial charge in [0.25, 0.3) is 0 Å². The number of hydrogen-bond acceptors (Lipinski definition) is 4. The van der Waals surface area contributed by atoms with E-state index in [1.165, 1.54) is 24.3 Å². The molecule has 0 aliphatic rings. The highest BCUT2D eigenvalue weighted by Crippen LogP contribution is 2.22. The maximum absolute atomic E-state index is 11.9. The summed E-state index contributed by atoms with van der Waals surface area (Å²) >= 11 is 0. The van der Waals surface area contributed by atoms with Crippen LogP contribution >= 0.6 is 0 Å². The Hall–Kier alpha value is -3.61. The molecule has 7 heteroatoms. The molecule has 120 valence electrons. The fraction of sp³-hybridized carbons (Fsp3) is 0. The van der Waals surface area contributed by atoms with Crippen molar-refractivity contribution in [2.75, 3.05) is 10.6 Å². The molecule has 0 aliphatic heterocycles. The van der Waals surface area contributed by atoms with Crippen molar-refractivity contribution in [3.05, 3.63) is 66.2 Å². The summed E-state index contributed by atoms with van der Waals surface area (Å²) in [5.41, 5.74) is 1.46. The zero-order chi connectivity index (χ0) is 16.9. The Morgan fingerprint density at radius 2 is 1.67 bits per heavy atom. The van der Waals surface area contributed by atoms with E-state index in [-0.39, 0.29) is 11.4 Å². The zero-order valence-corrected chi connectivity index (χ0v) is 12.4. The normalized spacial score (nSPS) is 10.2. The van der Waals surface area contributed by atoms with Gasteiger partial charge in [-0.1, -0.05) is 35.5 Å². The fourth-order valence-corrected chi connectivity index (χ4v) is 2.05. The number of urea groups is 1. The van der Waals surface area contributed by atoms with Crippen LogP contribution < -0.4 is 10.6 Å². The van der Waals surface area contributed by atoms with Crippen LogP contribution in [0.2, 0.25) is 0 Å². The van der Waals surface area contributed by atoms with E-state index in [2.05, 4.69) is 15.8 Å². The Morgan fingerprint density at radius 3 is 2.33 bits per heavy atom. The quantitative estimate of drug-likeness (QED) is 0.679. The Labute approximate surface area is 136 Å².